The van der Waals surface area contributed by atoms with Crippen LogP contribution in [-0.2, 0) is 11.0 Å². The van der Waals surface area contributed by atoms with Crippen LogP contribution in [0.2, 0.25) is 0 Å². The number of aromatic nitrogens is 1. The quantitative estimate of drug-likeness (QED) is 0.443. The van der Waals surface area contributed by atoms with Gasteiger partial charge in [0.25, 0.3) is 0 Å². The van der Waals surface area contributed by atoms with Gasteiger partial charge in [0.15, 0.2) is 0 Å². The van der Waals surface area contributed by atoms with E-state index in [2.05, 4.69) is 10.3 Å². The average molecular weight is 444 g/mol. The monoisotopic (exact) mass is 444 g/mol. The molecule has 4 rings (SSSR count). The van der Waals surface area contributed by atoms with Gasteiger partial charge in [0.1, 0.15) is 5.82 Å². The van der Waals surface area contributed by atoms with Crippen molar-refractivity contribution in [3.05, 3.63) is 71.7 Å². The van der Waals surface area contributed by atoms with Crippen LogP contribution in [0.25, 0.3) is 10.9 Å². The minimum absolute atomic E-state index is 0.186. The minimum atomic E-state index is -4.40. The summed E-state index contributed by atoms with van der Waals surface area (Å²) in [5, 5.41) is 3.57. The first-order valence-corrected chi connectivity index (χ1v) is 10.7. The van der Waals surface area contributed by atoms with Crippen molar-refractivity contribution in [1.82, 2.24) is 4.98 Å². The number of anilines is 1. The highest BCUT2D eigenvalue weighted by atomic mass is 19.4. The van der Waals surface area contributed by atoms with Crippen LogP contribution >= 0.6 is 0 Å². The normalized spacial score (nSPS) is 20.2. The summed E-state index contributed by atoms with van der Waals surface area (Å²) in [5.41, 5.74) is 1.48. The summed E-state index contributed by atoms with van der Waals surface area (Å²) in [6.07, 6.45) is 0.829. The van der Waals surface area contributed by atoms with Crippen molar-refractivity contribution >= 4 is 22.5 Å². The second-order valence-corrected chi connectivity index (χ2v) is 8.53. The molecule has 3 nitrogen and oxygen atoms in total. The van der Waals surface area contributed by atoms with Crippen molar-refractivity contribution in [2.24, 2.45) is 11.8 Å². The molecule has 2 aromatic carbocycles. The summed E-state index contributed by atoms with van der Waals surface area (Å²) < 4.78 is 51.9. The van der Waals surface area contributed by atoms with Crippen LogP contribution in [0.3, 0.4) is 0 Å². The van der Waals surface area contributed by atoms with E-state index in [4.69, 9.17) is 0 Å². The minimum Gasteiger partial charge on any atom is -0.326 e. The third kappa shape index (κ3) is 4.76. The lowest BCUT2D eigenvalue weighted by Crippen LogP contribution is -2.29. The van der Waals surface area contributed by atoms with Crippen molar-refractivity contribution in [1.29, 1.82) is 0 Å². The van der Waals surface area contributed by atoms with E-state index in [-0.39, 0.29) is 29.5 Å². The maximum absolute atomic E-state index is 13.8. The number of pyridine rings is 1. The third-order valence-corrected chi connectivity index (χ3v) is 6.55. The first kappa shape index (κ1) is 22.2. The number of hydrogen-bond acceptors (Lipinski definition) is 2. The van der Waals surface area contributed by atoms with Gasteiger partial charge in [0.05, 0.1) is 11.1 Å². The number of fused-ring (bicyclic) bond motifs is 1. The standard InChI is InChI=1S/C25H24F4N2O/c1-15(24(32)31-20-9-6-18(7-10-20)25(27,28)29)16-2-4-17(5-3-16)21-12-13-30-23-11-8-19(26)14-22(21)23/h6-17H,2-5H2,1H3,(H,31,32)/t15-,16?,17?/m1/s1. The van der Waals surface area contributed by atoms with E-state index in [1.807, 2.05) is 13.0 Å². The van der Waals surface area contributed by atoms with E-state index >= 15 is 0 Å². The molecular weight excluding hydrogens is 420 g/mol. The summed E-state index contributed by atoms with van der Waals surface area (Å²) in [5.74, 6) is -0.266. The van der Waals surface area contributed by atoms with Gasteiger partial charge in [-0.1, -0.05) is 6.92 Å². The topological polar surface area (TPSA) is 42.0 Å². The third-order valence-electron chi connectivity index (χ3n) is 6.55. The average Bonchev–Trinajstić information content (AvgIpc) is 2.78. The molecule has 0 spiro atoms. The molecule has 1 aliphatic carbocycles. The molecule has 0 aliphatic heterocycles. The molecule has 0 unspecified atom stereocenters. The van der Waals surface area contributed by atoms with Crippen molar-refractivity contribution < 1.29 is 22.4 Å². The summed E-state index contributed by atoms with van der Waals surface area (Å²) >= 11 is 0. The van der Waals surface area contributed by atoms with E-state index in [9.17, 15) is 22.4 Å². The van der Waals surface area contributed by atoms with Gasteiger partial charge < -0.3 is 5.32 Å². The molecule has 32 heavy (non-hydrogen) atoms. The molecule has 1 aliphatic rings. The van der Waals surface area contributed by atoms with Gasteiger partial charge in [-0.25, -0.2) is 4.39 Å². The zero-order valence-electron chi connectivity index (χ0n) is 17.6. The van der Waals surface area contributed by atoms with E-state index in [0.29, 0.717) is 5.69 Å². The van der Waals surface area contributed by atoms with Gasteiger partial charge in [0, 0.05) is 23.2 Å². The van der Waals surface area contributed by atoms with E-state index < -0.39 is 11.7 Å². The van der Waals surface area contributed by atoms with Crippen LogP contribution in [0.1, 0.15) is 49.7 Å². The fraction of sp³-hybridized carbons (Fsp3) is 0.360. The Morgan fingerprint density at radius 2 is 1.72 bits per heavy atom. The van der Waals surface area contributed by atoms with Crippen LogP contribution in [0, 0.1) is 17.7 Å². The van der Waals surface area contributed by atoms with Gasteiger partial charge in [-0.15, -0.1) is 0 Å². The van der Waals surface area contributed by atoms with Gasteiger partial charge in [0.2, 0.25) is 5.91 Å². The first-order valence-electron chi connectivity index (χ1n) is 10.7. The molecule has 1 heterocycles. The van der Waals surface area contributed by atoms with Crippen molar-refractivity contribution in [3.8, 4) is 0 Å². The lowest BCUT2D eigenvalue weighted by Gasteiger charge is -2.32. The van der Waals surface area contributed by atoms with Gasteiger partial charge in [-0.05, 0) is 91.6 Å². The van der Waals surface area contributed by atoms with E-state index in [1.165, 1.54) is 24.3 Å². The molecule has 1 N–H and O–H groups in total. The van der Waals surface area contributed by atoms with E-state index in [0.717, 1.165) is 54.3 Å². The molecular formula is C25H24F4N2O. The second kappa shape index (κ2) is 8.88. The molecule has 1 saturated carbocycles. The summed E-state index contributed by atoms with van der Waals surface area (Å²) in [6, 6.07) is 11.1. The number of carbonyl (C=O) groups excluding carboxylic acids is 1. The largest absolute Gasteiger partial charge is 0.416 e. The lowest BCUT2D eigenvalue weighted by molar-refractivity contribution is -0.137. The van der Waals surface area contributed by atoms with Crippen LogP contribution < -0.4 is 5.32 Å². The predicted octanol–water partition coefficient (Wildman–Crippen LogP) is 6.94. The highest BCUT2D eigenvalue weighted by Gasteiger charge is 2.32. The number of nitrogens with zero attached hydrogens (tertiary/aromatic N) is 1. The molecule has 0 radical (unpaired) electrons. The summed E-state index contributed by atoms with van der Waals surface area (Å²) in [4.78, 5) is 17.0. The molecule has 3 aromatic rings. The Balaban J connectivity index is 1.38. The number of alkyl halides is 3. The zero-order chi connectivity index (χ0) is 22.9. The van der Waals surface area contributed by atoms with Crippen molar-refractivity contribution in [3.63, 3.8) is 0 Å². The van der Waals surface area contributed by atoms with Crippen LogP contribution in [0.4, 0.5) is 23.2 Å². The highest BCUT2D eigenvalue weighted by molar-refractivity contribution is 5.92. The summed E-state index contributed by atoms with van der Waals surface area (Å²) in [6.45, 7) is 1.86. The maximum atomic E-state index is 13.8. The van der Waals surface area contributed by atoms with Gasteiger partial charge in [-0.3, -0.25) is 9.78 Å². The number of rotatable bonds is 4. The van der Waals surface area contributed by atoms with E-state index in [1.54, 1.807) is 12.3 Å². The molecule has 168 valence electrons. The summed E-state index contributed by atoms with van der Waals surface area (Å²) in [7, 11) is 0. The van der Waals surface area contributed by atoms with Gasteiger partial charge >= 0.3 is 6.18 Å². The van der Waals surface area contributed by atoms with Crippen LogP contribution in [0.5, 0.6) is 0 Å². The number of amides is 1. The first-order chi connectivity index (χ1) is 15.2. The maximum Gasteiger partial charge on any atom is 0.416 e. The Labute approximate surface area is 183 Å². The smallest absolute Gasteiger partial charge is 0.326 e. The molecule has 1 aromatic heterocycles. The van der Waals surface area contributed by atoms with Gasteiger partial charge in [-0.2, -0.15) is 13.2 Å². The number of carbonyl (C=O) groups is 1. The second-order valence-electron chi connectivity index (χ2n) is 8.53. The zero-order valence-corrected chi connectivity index (χ0v) is 17.6. The number of halogens is 4. The molecule has 1 amide bonds. The van der Waals surface area contributed by atoms with Crippen molar-refractivity contribution in [2.75, 3.05) is 5.32 Å². The van der Waals surface area contributed by atoms with Crippen molar-refractivity contribution in [2.45, 2.75) is 44.7 Å². The Morgan fingerprint density at radius 3 is 2.38 bits per heavy atom. The predicted molar refractivity (Wildman–Crippen MR) is 116 cm³/mol. The Morgan fingerprint density at radius 1 is 1.03 bits per heavy atom. The number of benzene rings is 2. The van der Waals surface area contributed by atoms with Crippen LogP contribution in [0.15, 0.2) is 54.7 Å². The molecule has 0 saturated heterocycles. The molecule has 7 heteroatoms. The fourth-order valence-electron chi connectivity index (χ4n) is 4.64. The SMILES string of the molecule is C[C@@H](C(=O)Nc1ccc(C(F)(F)F)cc1)C1CCC(c2ccnc3ccc(F)cc23)CC1. The van der Waals surface area contributed by atoms with Crippen LogP contribution in [-0.4, -0.2) is 10.9 Å². The lowest BCUT2D eigenvalue weighted by atomic mass is 9.73. The Hall–Kier alpha value is -2.96. The fourth-order valence-corrected chi connectivity index (χ4v) is 4.64. The molecule has 0 bridgehead atoms. The molecule has 1 fully saturated rings. The number of hydrogen-bond donors (Lipinski definition) is 1. The Bertz CT molecular complexity index is 1100. The number of nitrogens with one attached hydrogen (secondary N) is 1. The highest BCUT2D eigenvalue weighted by Crippen LogP contribution is 2.41. The molecule has 1 atom stereocenters. The Kier molecular flexibility index (Phi) is 6.17.